The molecule has 154 valence electrons. The number of ketones is 1. The van der Waals surface area contributed by atoms with Crippen LogP contribution in [0.5, 0.6) is 0 Å². The van der Waals surface area contributed by atoms with Crippen molar-refractivity contribution in [1.29, 1.82) is 0 Å². The zero-order chi connectivity index (χ0) is 21.7. The topological polar surface area (TPSA) is 80.3 Å². The Hall–Kier alpha value is -2.48. The molecule has 0 fully saturated rings. The predicted octanol–water partition coefficient (Wildman–Crippen LogP) is 5.14. The summed E-state index contributed by atoms with van der Waals surface area (Å²) in [7, 11) is -3.58. The molecule has 3 aromatic carbocycles. The second-order valence-electron chi connectivity index (χ2n) is 6.43. The molecule has 3 aromatic rings. The maximum Gasteiger partial charge on any atom is 0.225 e. The fourth-order valence-corrected chi connectivity index (χ4v) is 4.63. The van der Waals surface area contributed by atoms with Crippen molar-refractivity contribution < 1.29 is 18.0 Å². The summed E-state index contributed by atoms with van der Waals surface area (Å²) in [4.78, 5) is 25.6. The van der Waals surface area contributed by atoms with E-state index in [1.165, 1.54) is 12.1 Å². The molecular weight excluding hydrogens is 490 g/mol. The van der Waals surface area contributed by atoms with Gasteiger partial charge in [-0.05, 0) is 42.5 Å². The van der Waals surface area contributed by atoms with E-state index in [0.717, 1.165) is 0 Å². The first kappa shape index (κ1) is 22.2. The summed E-state index contributed by atoms with van der Waals surface area (Å²) in [5.74, 6) is -1.20. The van der Waals surface area contributed by atoms with Crippen LogP contribution in [0.15, 0.2) is 82.2 Å². The normalized spacial score (nSPS) is 11.1. The first-order valence-corrected chi connectivity index (χ1v) is 11.8. The van der Waals surface area contributed by atoms with Gasteiger partial charge in [-0.25, -0.2) is 8.42 Å². The SMILES string of the molecule is O=C(CCS(=O)(=O)c1ccccc1)Nc1ccc(Br)cc1C(=O)c1ccccc1Cl. The Labute approximate surface area is 188 Å². The molecule has 0 bridgehead atoms. The third-order valence-electron chi connectivity index (χ3n) is 4.32. The van der Waals surface area contributed by atoms with Crippen molar-refractivity contribution in [1.82, 2.24) is 0 Å². The molecule has 1 N–H and O–H groups in total. The van der Waals surface area contributed by atoms with E-state index in [4.69, 9.17) is 11.6 Å². The molecule has 30 heavy (non-hydrogen) atoms. The summed E-state index contributed by atoms with van der Waals surface area (Å²) in [5, 5.41) is 2.94. The molecule has 0 heterocycles. The number of sulfone groups is 1. The van der Waals surface area contributed by atoms with E-state index < -0.39 is 15.7 Å². The standard InChI is InChI=1S/C22H17BrClNO4S/c23-15-10-11-20(18(14-15)22(27)17-8-4-5-9-19(17)24)25-21(26)12-13-30(28,29)16-6-2-1-3-7-16/h1-11,14H,12-13H2,(H,25,26). The van der Waals surface area contributed by atoms with E-state index in [-0.39, 0.29) is 34.1 Å². The van der Waals surface area contributed by atoms with Crippen LogP contribution in [0.25, 0.3) is 0 Å². The molecule has 0 aliphatic heterocycles. The maximum absolute atomic E-state index is 13.0. The molecule has 3 rings (SSSR count). The Morgan fingerprint density at radius 1 is 0.900 bits per heavy atom. The Kier molecular flexibility index (Phi) is 7.07. The second-order valence-corrected chi connectivity index (χ2v) is 9.86. The number of benzene rings is 3. The quantitative estimate of drug-likeness (QED) is 0.450. The number of amides is 1. The molecule has 0 radical (unpaired) electrons. The molecule has 0 unspecified atom stereocenters. The highest BCUT2D eigenvalue weighted by atomic mass is 79.9. The number of rotatable bonds is 7. The van der Waals surface area contributed by atoms with Crippen molar-refractivity contribution in [2.75, 3.05) is 11.1 Å². The van der Waals surface area contributed by atoms with E-state index >= 15 is 0 Å². The van der Waals surface area contributed by atoms with E-state index in [1.807, 2.05) is 0 Å². The minimum atomic E-state index is -3.58. The molecule has 5 nitrogen and oxygen atoms in total. The van der Waals surface area contributed by atoms with Crippen molar-refractivity contribution >= 4 is 54.7 Å². The van der Waals surface area contributed by atoms with Crippen LogP contribution in [0.3, 0.4) is 0 Å². The number of anilines is 1. The summed E-state index contributed by atoms with van der Waals surface area (Å²) in [6, 6.07) is 19.4. The van der Waals surface area contributed by atoms with Gasteiger partial charge in [0.2, 0.25) is 5.91 Å². The third-order valence-corrected chi connectivity index (χ3v) is 6.87. The fourth-order valence-electron chi connectivity index (χ4n) is 2.79. The van der Waals surface area contributed by atoms with Gasteiger partial charge in [0.1, 0.15) is 0 Å². The highest BCUT2D eigenvalue weighted by Crippen LogP contribution is 2.27. The molecule has 0 aliphatic rings. The number of nitrogens with one attached hydrogen (secondary N) is 1. The summed E-state index contributed by atoms with van der Waals surface area (Å²) in [5.41, 5.74) is 0.835. The molecule has 0 atom stereocenters. The average molecular weight is 507 g/mol. The molecule has 0 spiro atoms. The first-order chi connectivity index (χ1) is 14.3. The molecule has 0 saturated carbocycles. The number of carbonyl (C=O) groups is 2. The molecule has 1 amide bonds. The summed E-state index contributed by atoms with van der Waals surface area (Å²) in [6.45, 7) is 0. The van der Waals surface area contributed by atoms with Gasteiger partial charge in [-0.15, -0.1) is 0 Å². The Balaban J connectivity index is 1.78. The van der Waals surface area contributed by atoms with Crippen LogP contribution in [0.2, 0.25) is 5.02 Å². The van der Waals surface area contributed by atoms with Crippen molar-refractivity contribution in [2.45, 2.75) is 11.3 Å². The summed E-state index contributed by atoms with van der Waals surface area (Å²) < 4.78 is 25.4. The van der Waals surface area contributed by atoms with Gasteiger partial charge < -0.3 is 5.32 Å². The number of hydrogen-bond donors (Lipinski definition) is 1. The molecule has 0 saturated heterocycles. The summed E-state index contributed by atoms with van der Waals surface area (Å²) >= 11 is 9.47. The largest absolute Gasteiger partial charge is 0.325 e. The average Bonchev–Trinajstić information content (AvgIpc) is 2.74. The summed E-state index contributed by atoms with van der Waals surface area (Å²) in [6.07, 6.45) is -0.243. The lowest BCUT2D eigenvalue weighted by Gasteiger charge is -2.12. The van der Waals surface area contributed by atoms with Crippen molar-refractivity contribution in [3.8, 4) is 0 Å². The minimum Gasteiger partial charge on any atom is -0.325 e. The van der Waals surface area contributed by atoms with Crippen molar-refractivity contribution in [2.24, 2.45) is 0 Å². The molecule has 8 heteroatoms. The molecule has 0 aliphatic carbocycles. The van der Waals surface area contributed by atoms with Crippen molar-refractivity contribution in [3.63, 3.8) is 0 Å². The van der Waals surface area contributed by atoms with Gasteiger partial charge >= 0.3 is 0 Å². The van der Waals surface area contributed by atoms with Gasteiger partial charge in [0, 0.05) is 22.0 Å². The van der Waals surface area contributed by atoms with Crippen LogP contribution < -0.4 is 5.32 Å². The zero-order valence-electron chi connectivity index (χ0n) is 15.6. The highest BCUT2D eigenvalue weighted by molar-refractivity contribution is 9.10. The van der Waals surface area contributed by atoms with E-state index in [9.17, 15) is 18.0 Å². The molecular formula is C22H17BrClNO4S. The first-order valence-electron chi connectivity index (χ1n) is 8.94. The second kappa shape index (κ2) is 9.55. The van der Waals surface area contributed by atoms with E-state index in [2.05, 4.69) is 21.2 Å². The van der Waals surface area contributed by atoms with E-state index in [0.29, 0.717) is 15.1 Å². The monoisotopic (exact) mass is 505 g/mol. The van der Waals surface area contributed by atoms with Crippen LogP contribution in [-0.4, -0.2) is 25.9 Å². The Bertz CT molecular complexity index is 1200. The lowest BCUT2D eigenvalue weighted by molar-refractivity contribution is -0.115. The van der Waals surface area contributed by atoms with E-state index in [1.54, 1.807) is 60.7 Å². The molecule has 0 aromatic heterocycles. The number of halogens is 2. The number of carbonyl (C=O) groups excluding carboxylic acids is 2. The van der Waals surface area contributed by atoms with Crippen LogP contribution >= 0.6 is 27.5 Å². The fraction of sp³-hybridized carbons (Fsp3) is 0.0909. The number of hydrogen-bond acceptors (Lipinski definition) is 4. The van der Waals surface area contributed by atoms with Gasteiger partial charge in [0.15, 0.2) is 15.6 Å². The van der Waals surface area contributed by atoms with Gasteiger partial charge in [0.05, 0.1) is 21.4 Å². The van der Waals surface area contributed by atoms with Crippen LogP contribution in [0, 0.1) is 0 Å². The van der Waals surface area contributed by atoms with Gasteiger partial charge in [-0.2, -0.15) is 0 Å². The van der Waals surface area contributed by atoms with Gasteiger partial charge in [-0.1, -0.05) is 57.9 Å². The van der Waals surface area contributed by atoms with Crippen LogP contribution in [0.4, 0.5) is 5.69 Å². The van der Waals surface area contributed by atoms with Gasteiger partial charge in [0.25, 0.3) is 0 Å². The van der Waals surface area contributed by atoms with Gasteiger partial charge in [-0.3, -0.25) is 9.59 Å². The third kappa shape index (κ3) is 5.36. The smallest absolute Gasteiger partial charge is 0.225 e. The van der Waals surface area contributed by atoms with Crippen molar-refractivity contribution in [3.05, 3.63) is 93.4 Å². The Morgan fingerprint density at radius 2 is 1.57 bits per heavy atom. The van der Waals surface area contributed by atoms with Crippen LogP contribution in [-0.2, 0) is 14.6 Å². The minimum absolute atomic E-state index is 0.163. The highest BCUT2D eigenvalue weighted by Gasteiger charge is 2.20. The lowest BCUT2D eigenvalue weighted by Crippen LogP contribution is -2.19. The van der Waals surface area contributed by atoms with Crippen LogP contribution in [0.1, 0.15) is 22.3 Å². The zero-order valence-corrected chi connectivity index (χ0v) is 18.8. The maximum atomic E-state index is 13.0. The predicted molar refractivity (Wildman–Crippen MR) is 121 cm³/mol. The Morgan fingerprint density at radius 3 is 2.27 bits per heavy atom. The lowest BCUT2D eigenvalue weighted by atomic mass is 10.0.